The molecule has 3 aliphatic rings. The topological polar surface area (TPSA) is 43.4 Å². The zero-order chi connectivity index (χ0) is 10.0. The van der Waals surface area contributed by atoms with Crippen molar-refractivity contribution in [2.45, 2.75) is 31.3 Å². The summed E-state index contributed by atoms with van der Waals surface area (Å²) in [5, 5.41) is 0. The van der Waals surface area contributed by atoms with Crippen molar-refractivity contribution >= 4 is 19.7 Å². The Kier molecular flexibility index (Phi) is 1.66. The van der Waals surface area contributed by atoms with Crippen molar-refractivity contribution < 1.29 is 13.2 Å². The largest absolute Gasteiger partial charge is 0.374 e. The molecular weight excluding hydrogens is 224 g/mol. The molecule has 2 saturated carbocycles. The van der Waals surface area contributed by atoms with Crippen molar-refractivity contribution in [3.05, 3.63) is 0 Å². The Morgan fingerprint density at radius 1 is 1.43 bits per heavy atom. The fourth-order valence-corrected chi connectivity index (χ4v) is 5.13. The van der Waals surface area contributed by atoms with Crippen LogP contribution < -0.4 is 0 Å². The second kappa shape index (κ2) is 2.47. The standard InChI is InChI=1S/C9H13ClO3S/c10-14(11,12)6-8-4-7(8)5-13-9(8)2-1-3-9/h7H,1-6H2/t7-,8+/m0/s1. The van der Waals surface area contributed by atoms with Crippen LogP contribution in [0.1, 0.15) is 25.7 Å². The van der Waals surface area contributed by atoms with E-state index >= 15 is 0 Å². The molecule has 0 unspecified atom stereocenters. The van der Waals surface area contributed by atoms with Gasteiger partial charge in [0.1, 0.15) is 0 Å². The summed E-state index contributed by atoms with van der Waals surface area (Å²) < 4.78 is 28.1. The van der Waals surface area contributed by atoms with Crippen LogP contribution in [0.4, 0.5) is 0 Å². The lowest BCUT2D eigenvalue weighted by atomic mass is 9.69. The van der Waals surface area contributed by atoms with E-state index in [0.29, 0.717) is 5.92 Å². The molecule has 14 heavy (non-hydrogen) atoms. The number of hydrogen-bond acceptors (Lipinski definition) is 3. The number of rotatable bonds is 2. The molecule has 0 bridgehead atoms. The van der Waals surface area contributed by atoms with E-state index in [4.69, 9.17) is 15.4 Å². The molecule has 1 saturated heterocycles. The van der Waals surface area contributed by atoms with E-state index in [2.05, 4.69) is 0 Å². The summed E-state index contributed by atoms with van der Waals surface area (Å²) in [5.41, 5.74) is -0.217. The molecule has 5 heteroatoms. The van der Waals surface area contributed by atoms with Gasteiger partial charge in [-0.05, 0) is 31.6 Å². The third-order valence-corrected chi connectivity index (χ3v) is 5.48. The van der Waals surface area contributed by atoms with Crippen LogP contribution in [0.15, 0.2) is 0 Å². The highest BCUT2D eigenvalue weighted by Crippen LogP contribution is 2.71. The molecule has 2 atom stereocenters. The third kappa shape index (κ3) is 1.05. The van der Waals surface area contributed by atoms with Gasteiger partial charge in [-0.15, -0.1) is 0 Å². The molecule has 0 amide bonds. The minimum absolute atomic E-state index is 0.105. The predicted octanol–water partition coefficient (Wildman–Crippen LogP) is 1.51. The minimum atomic E-state index is -3.38. The van der Waals surface area contributed by atoms with Crippen molar-refractivity contribution in [2.75, 3.05) is 12.4 Å². The first-order valence-corrected chi connectivity index (χ1v) is 7.52. The van der Waals surface area contributed by atoms with Gasteiger partial charge >= 0.3 is 0 Å². The summed E-state index contributed by atoms with van der Waals surface area (Å²) in [6.07, 6.45) is 4.21. The molecule has 3 rings (SSSR count). The summed E-state index contributed by atoms with van der Waals surface area (Å²) in [4.78, 5) is 0. The Morgan fingerprint density at radius 3 is 2.57 bits per heavy atom. The SMILES string of the molecule is O=S(=O)(Cl)C[C@]12C[C@H]1COC21CCC1. The summed E-state index contributed by atoms with van der Waals surface area (Å²) in [6.45, 7) is 0.742. The monoisotopic (exact) mass is 236 g/mol. The summed E-state index contributed by atoms with van der Waals surface area (Å²) >= 11 is 0. The van der Waals surface area contributed by atoms with Gasteiger partial charge in [0, 0.05) is 16.1 Å². The van der Waals surface area contributed by atoms with E-state index in [1.54, 1.807) is 0 Å². The molecule has 1 spiro atoms. The van der Waals surface area contributed by atoms with Crippen molar-refractivity contribution in [3.8, 4) is 0 Å². The number of hydrogen-bond donors (Lipinski definition) is 0. The highest BCUT2D eigenvalue weighted by molar-refractivity contribution is 8.13. The Balaban J connectivity index is 1.90. The smallest absolute Gasteiger partial charge is 0.233 e. The molecule has 1 aliphatic heterocycles. The lowest BCUT2D eigenvalue weighted by molar-refractivity contribution is -0.105. The molecule has 80 valence electrons. The van der Waals surface area contributed by atoms with Gasteiger partial charge in [0.25, 0.3) is 0 Å². The maximum absolute atomic E-state index is 11.2. The van der Waals surface area contributed by atoms with Crippen LogP contribution in [0.3, 0.4) is 0 Å². The molecule has 3 nitrogen and oxygen atoms in total. The minimum Gasteiger partial charge on any atom is -0.374 e. The Labute approximate surface area is 88.2 Å². The van der Waals surface area contributed by atoms with E-state index in [1.165, 1.54) is 0 Å². The van der Waals surface area contributed by atoms with Gasteiger partial charge < -0.3 is 4.74 Å². The second-order valence-corrected chi connectivity index (χ2v) is 7.68. The van der Waals surface area contributed by atoms with Crippen LogP contribution in [0, 0.1) is 11.3 Å². The highest BCUT2D eigenvalue weighted by Gasteiger charge is 2.74. The summed E-state index contributed by atoms with van der Waals surface area (Å²) in [6, 6.07) is 0. The Bertz CT molecular complexity index is 374. The Morgan fingerprint density at radius 2 is 2.14 bits per heavy atom. The van der Waals surface area contributed by atoms with E-state index in [-0.39, 0.29) is 16.8 Å². The molecule has 3 fully saturated rings. The lowest BCUT2D eigenvalue weighted by Gasteiger charge is -2.44. The van der Waals surface area contributed by atoms with E-state index in [9.17, 15) is 8.42 Å². The fourth-order valence-electron chi connectivity index (χ4n) is 3.32. The fraction of sp³-hybridized carbons (Fsp3) is 1.00. The predicted molar refractivity (Wildman–Crippen MR) is 52.7 cm³/mol. The van der Waals surface area contributed by atoms with E-state index in [1.807, 2.05) is 0 Å². The molecule has 2 aliphatic carbocycles. The van der Waals surface area contributed by atoms with Crippen molar-refractivity contribution in [3.63, 3.8) is 0 Å². The summed E-state index contributed by atoms with van der Waals surface area (Å²) in [5.74, 6) is 0.572. The first kappa shape index (κ1) is 9.43. The molecular formula is C9H13ClO3S. The van der Waals surface area contributed by atoms with E-state index in [0.717, 1.165) is 32.3 Å². The van der Waals surface area contributed by atoms with Gasteiger partial charge in [-0.25, -0.2) is 8.42 Å². The zero-order valence-corrected chi connectivity index (χ0v) is 9.40. The normalized spacial score (nSPS) is 43.4. The van der Waals surface area contributed by atoms with Crippen molar-refractivity contribution in [2.24, 2.45) is 11.3 Å². The molecule has 0 N–H and O–H groups in total. The van der Waals surface area contributed by atoms with Gasteiger partial charge in [0.05, 0.1) is 18.0 Å². The van der Waals surface area contributed by atoms with Gasteiger partial charge in [0.15, 0.2) is 0 Å². The molecule has 0 aromatic carbocycles. The molecule has 0 aromatic heterocycles. The Hall–Kier alpha value is 0.200. The quantitative estimate of drug-likeness (QED) is 0.683. The van der Waals surface area contributed by atoms with Crippen LogP contribution in [0.5, 0.6) is 0 Å². The van der Waals surface area contributed by atoms with Crippen LogP contribution in [-0.4, -0.2) is 26.4 Å². The van der Waals surface area contributed by atoms with Gasteiger partial charge in [-0.3, -0.25) is 0 Å². The first-order chi connectivity index (χ1) is 6.48. The molecule has 0 radical (unpaired) electrons. The van der Waals surface area contributed by atoms with Gasteiger partial charge in [-0.1, -0.05) is 0 Å². The van der Waals surface area contributed by atoms with Gasteiger partial charge in [0.2, 0.25) is 9.05 Å². The highest BCUT2D eigenvalue weighted by atomic mass is 35.7. The first-order valence-electron chi connectivity index (χ1n) is 5.04. The number of halogens is 1. The van der Waals surface area contributed by atoms with Crippen molar-refractivity contribution in [1.29, 1.82) is 0 Å². The van der Waals surface area contributed by atoms with Crippen LogP contribution >= 0.6 is 10.7 Å². The maximum atomic E-state index is 11.2. The van der Waals surface area contributed by atoms with Crippen LogP contribution in [0.25, 0.3) is 0 Å². The second-order valence-electron chi connectivity index (χ2n) is 4.90. The average Bonchev–Trinajstić information content (AvgIpc) is 2.51. The number of ether oxygens (including phenoxy) is 1. The molecule has 1 heterocycles. The summed E-state index contributed by atoms with van der Waals surface area (Å²) in [7, 11) is 1.98. The van der Waals surface area contributed by atoms with Crippen molar-refractivity contribution in [1.82, 2.24) is 0 Å². The zero-order valence-electron chi connectivity index (χ0n) is 7.83. The van der Waals surface area contributed by atoms with E-state index < -0.39 is 9.05 Å². The third-order valence-electron chi connectivity index (χ3n) is 4.29. The van der Waals surface area contributed by atoms with Gasteiger partial charge in [-0.2, -0.15) is 0 Å². The van der Waals surface area contributed by atoms with Crippen LogP contribution in [0.2, 0.25) is 0 Å². The maximum Gasteiger partial charge on any atom is 0.233 e. The lowest BCUT2D eigenvalue weighted by Crippen LogP contribution is -2.48. The number of fused-ring (bicyclic) bond motifs is 2. The van der Waals surface area contributed by atoms with Crippen LogP contribution in [-0.2, 0) is 13.8 Å². The molecule has 0 aromatic rings. The average molecular weight is 237 g/mol.